The van der Waals surface area contributed by atoms with Crippen LogP contribution in [0.1, 0.15) is 74.2 Å². The maximum Gasteiger partial charge on any atom is 0.299 e. The van der Waals surface area contributed by atoms with Gasteiger partial charge in [0.2, 0.25) is 11.7 Å². The van der Waals surface area contributed by atoms with E-state index in [4.69, 9.17) is 9.72 Å². The van der Waals surface area contributed by atoms with Crippen LogP contribution < -0.4 is 15.8 Å². The number of aromatic nitrogens is 6. The number of hydrogen-bond acceptors (Lipinski definition) is 10. The number of aryl methyl sites for hydroxylation is 1. The molecule has 0 unspecified atom stereocenters. The molecule has 3 aliphatic carbocycles. The Balaban J connectivity index is 1.20. The summed E-state index contributed by atoms with van der Waals surface area (Å²) in [6, 6.07) is 0. The molecule has 0 atom stereocenters. The van der Waals surface area contributed by atoms with Gasteiger partial charge in [0.15, 0.2) is 17.3 Å². The fourth-order valence-electron chi connectivity index (χ4n) is 7.79. The van der Waals surface area contributed by atoms with Gasteiger partial charge in [-0.3, -0.25) is 14.4 Å². The molecule has 3 aromatic heterocycles. The number of anilines is 1. The Morgan fingerprint density at radius 1 is 1.13 bits per heavy atom. The minimum atomic E-state index is -0.388. The van der Waals surface area contributed by atoms with E-state index < -0.39 is 0 Å². The van der Waals surface area contributed by atoms with Crippen LogP contribution in [-0.2, 0) is 22.5 Å². The number of ether oxygens (including phenoxy) is 1. The predicted octanol–water partition coefficient (Wildman–Crippen LogP) is 1.72. The third-order valence-electron chi connectivity index (χ3n) is 10.5. The first-order chi connectivity index (χ1) is 22.0. The van der Waals surface area contributed by atoms with E-state index in [0.717, 1.165) is 24.8 Å². The van der Waals surface area contributed by atoms with Gasteiger partial charge < -0.3 is 29.5 Å². The standard InChI is InChI=1S/C32H41N9O5/c1-5-22-25(38-8-10-39(11-9-38)28(44)24-26(43)20(4)33-18-34-24)29(45)41-30(35-27(37-41)21-6-12-46-13-7-21)40(22)14-23(42)36-32-15-31(16-32,17-32)19(2)3/h6,18-19,43H,5,7-17H2,1-4H3,(H,36,42). The fraction of sp³-hybridized carbons (Fsp3) is 0.594. The summed E-state index contributed by atoms with van der Waals surface area (Å²) < 4.78 is 8.63. The van der Waals surface area contributed by atoms with Crippen LogP contribution in [0.3, 0.4) is 0 Å². The molecule has 0 spiro atoms. The van der Waals surface area contributed by atoms with Crippen LogP contribution >= 0.6 is 0 Å². The maximum atomic E-state index is 14.2. The number of amides is 2. The third-order valence-corrected chi connectivity index (χ3v) is 10.5. The molecule has 5 aliphatic rings. The molecule has 14 nitrogen and oxygen atoms in total. The first kappa shape index (κ1) is 30.3. The van der Waals surface area contributed by atoms with Crippen molar-refractivity contribution in [1.29, 1.82) is 0 Å². The van der Waals surface area contributed by atoms with Gasteiger partial charge in [-0.15, -0.1) is 5.10 Å². The number of rotatable bonds is 8. The van der Waals surface area contributed by atoms with Crippen LogP contribution in [0, 0.1) is 18.3 Å². The second-order valence-corrected chi connectivity index (χ2v) is 13.6. The van der Waals surface area contributed by atoms with E-state index in [0.29, 0.717) is 92.2 Å². The first-order valence-corrected chi connectivity index (χ1v) is 16.2. The average Bonchev–Trinajstić information content (AvgIpc) is 3.47. The second-order valence-electron chi connectivity index (χ2n) is 13.6. The molecule has 2 aliphatic heterocycles. The summed E-state index contributed by atoms with van der Waals surface area (Å²) in [5.41, 5.74) is 2.28. The smallest absolute Gasteiger partial charge is 0.299 e. The normalized spacial score (nSPS) is 24.1. The molecule has 14 heteroatoms. The van der Waals surface area contributed by atoms with Crippen LogP contribution in [0.2, 0.25) is 0 Å². The lowest BCUT2D eigenvalue weighted by Crippen LogP contribution is -2.76. The summed E-state index contributed by atoms with van der Waals surface area (Å²) in [5, 5.41) is 18.4. The minimum Gasteiger partial charge on any atom is -0.504 e. The van der Waals surface area contributed by atoms with Gasteiger partial charge in [0.05, 0.1) is 24.6 Å². The summed E-state index contributed by atoms with van der Waals surface area (Å²) in [5.74, 6) is 0.675. The number of hydrogen-bond donors (Lipinski definition) is 2. The zero-order valence-electron chi connectivity index (χ0n) is 26.9. The van der Waals surface area contributed by atoms with Crippen molar-refractivity contribution in [2.45, 2.75) is 71.9 Å². The lowest BCUT2D eigenvalue weighted by molar-refractivity contribution is -0.187. The van der Waals surface area contributed by atoms with Crippen LogP contribution in [0.4, 0.5) is 5.69 Å². The van der Waals surface area contributed by atoms with Crippen molar-refractivity contribution in [2.24, 2.45) is 11.3 Å². The largest absolute Gasteiger partial charge is 0.504 e. The lowest BCUT2D eigenvalue weighted by Gasteiger charge is -2.72. The highest BCUT2D eigenvalue weighted by molar-refractivity contribution is 5.95. The number of aromatic hydroxyl groups is 1. The average molecular weight is 632 g/mol. The molecule has 0 aromatic carbocycles. The van der Waals surface area contributed by atoms with Crippen LogP contribution in [0.15, 0.2) is 17.2 Å². The SMILES string of the molecule is CCc1c(N2CCN(C(=O)c3ncnc(C)c3O)CC2)c(=O)n2nc(C3=CCOCC3)nc2n1CC(=O)NC12CC(C(C)C)(C1)C2. The first-order valence-electron chi connectivity index (χ1n) is 16.2. The molecule has 8 rings (SSSR count). The highest BCUT2D eigenvalue weighted by atomic mass is 16.5. The molecule has 2 bridgehead atoms. The molecular weight excluding hydrogens is 590 g/mol. The number of fused-ring (bicyclic) bond motifs is 1. The summed E-state index contributed by atoms with van der Waals surface area (Å²) in [4.78, 5) is 57.4. The quantitative estimate of drug-likeness (QED) is 0.375. The van der Waals surface area contributed by atoms with Crippen molar-refractivity contribution in [3.05, 3.63) is 45.7 Å². The molecular formula is C32H41N9O5. The van der Waals surface area contributed by atoms with Gasteiger partial charge in [0.1, 0.15) is 18.6 Å². The highest BCUT2D eigenvalue weighted by Gasteiger charge is 2.69. The van der Waals surface area contributed by atoms with Crippen molar-refractivity contribution in [2.75, 3.05) is 44.3 Å². The maximum absolute atomic E-state index is 14.2. The Hall–Kier alpha value is -4.33. The van der Waals surface area contributed by atoms with E-state index in [9.17, 15) is 19.5 Å². The number of nitrogens with zero attached hydrogens (tertiary/aromatic N) is 8. The topological polar surface area (TPSA) is 160 Å². The summed E-state index contributed by atoms with van der Waals surface area (Å²) in [6.07, 6.45) is 7.35. The van der Waals surface area contributed by atoms with Crippen LogP contribution in [-0.4, -0.2) is 95.9 Å². The molecule has 1 saturated heterocycles. The number of carbonyl (C=O) groups is 2. The van der Waals surface area contributed by atoms with E-state index in [2.05, 4.69) is 34.2 Å². The van der Waals surface area contributed by atoms with Crippen molar-refractivity contribution < 1.29 is 19.4 Å². The number of nitrogens with one attached hydrogen (secondary N) is 1. The summed E-state index contributed by atoms with van der Waals surface area (Å²) >= 11 is 0. The molecule has 3 aromatic rings. The Bertz CT molecular complexity index is 1800. The second kappa shape index (κ2) is 11.2. The zero-order valence-corrected chi connectivity index (χ0v) is 26.9. The molecule has 2 amide bonds. The van der Waals surface area contributed by atoms with E-state index in [1.807, 2.05) is 22.5 Å². The Morgan fingerprint density at radius 3 is 2.52 bits per heavy atom. The molecule has 3 saturated carbocycles. The number of piperazine rings is 1. The van der Waals surface area contributed by atoms with Crippen molar-refractivity contribution in [3.8, 4) is 5.75 Å². The molecule has 4 fully saturated rings. The van der Waals surface area contributed by atoms with Gasteiger partial charge in [-0.05, 0) is 55.9 Å². The third kappa shape index (κ3) is 4.84. The Morgan fingerprint density at radius 2 is 1.87 bits per heavy atom. The molecule has 244 valence electrons. The molecule has 2 N–H and O–H groups in total. The van der Waals surface area contributed by atoms with Gasteiger partial charge in [0.25, 0.3) is 11.5 Å². The lowest BCUT2D eigenvalue weighted by atomic mass is 9.36. The molecule has 0 radical (unpaired) electrons. The monoisotopic (exact) mass is 631 g/mol. The van der Waals surface area contributed by atoms with E-state index in [1.165, 1.54) is 10.8 Å². The Labute approximate surface area is 266 Å². The van der Waals surface area contributed by atoms with E-state index in [-0.39, 0.29) is 40.9 Å². The van der Waals surface area contributed by atoms with Crippen molar-refractivity contribution >= 4 is 28.9 Å². The molecule has 5 heterocycles. The Kier molecular flexibility index (Phi) is 7.37. The summed E-state index contributed by atoms with van der Waals surface area (Å²) in [6.45, 7) is 10.5. The van der Waals surface area contributed by atoms with Crippen LogP contribution in [0.25, 0.3) is 11.4 Å². The van der Waals surface area contributed by atoms with Gasteiger partial charge in [-0.2, -0.15) is 9.50 Å². The van der Waals surface area contributed by atoms with Gasteiger partial charge in [-0.25, -0.2) is 9.97 Å². The van der Waals surface area contributed by atoms with Crippen molar-refractivity contribution in [3.63, 3.8) is 0 Å². The highest BCUT2D eigenvalue weighted by Crippen LogP contribution is 2.70. The van der Waals surface area contributed by atoms with Gasteiger partial charge in [-0.1, -0.05) is 26.8 Å². The minimum absolute atomic E-state index is 0.0153. The van der Waals surface area contributed by atoms with Gasteiger partial charge in [0, 0.05) is 31.7 Å². The van der Waals surface area contributed by atoms with E-state index >= 15 is 0 Å². The molecule has 46 heavy (non-hydrogen) atoms. The van der Waals surface area contributed by atoms with Gasteiger partial charge >= 0.3 is 0 Å². The zero-order chi connectivity index (χ0) is 32.4. The van der Waals surface area contributed by atoms with Crippen molar-refractivity contribution in [1.82, 2.24) is 39.3 Å². The van der Waals surface area contributed by atoms with E-state index in [1.54, 1.807) is 11.8 Å². The summed E-state index contributed by atoms with van der Waals surface area (Å²) in [7, 11) is 0. The fourth-order valence-corrected chi connectivity index (χ4v) is 7.79. The predicted molar refractivity (Wildman–Crippen MR) is 169 cm³/mol. The number of carbonyl (C=O) groups excluding carboxylic acids is 2. The van der Waals surface area contributed by atoms with Crippen LogP contribution in [0.5, 0.6) is 5.75 Å².